The Morgan fingerprint density at radius 2 is 1.65 bits per heavy atom. The minimum absolute atomic E-state index is 0.172. The lowest BCUT2D eigenvalue weighted by Gasteiger charge is -2.42. The van der Waals surface area contributed by atoms with E-state index in [2.05, 4.69) is 20.9 Å². The van der Waals surface area contributed by atoms with Crippen LogP contribution >= 0.6 is 15.9 Å². The number of para-hydroxylation sites is 2. The Morgan fingerprint density at radius 3 is 2.37 bits per heavy atom. The van der Waals surface area contributed by atoms with E-state index < -0.39 is 23.7 Å². The number of oxazole rings is 1. The number of aromatic hydroxyl groups is 1. The van der Waals surface area contributed by atoms with Crippen molar-refractivity contribution in [3.8, 4) is 17.2 Å². The van der Waals surface area contributed by atoms with Gasteiger partial charge < -0.3 is 9.52 Å². The number of aromatic nitrogens is 1. The summed E-state index contributed by atoms with van der Waals surface area (Å²) < 4.78 is 6.07. The smallest absolute Gasteiger partial charge is 0.238 e. The van der Waals surface area contributed by atoms with Crippen LogP contribution in [0.1, 0.15) is 35.4 Å². The summed E-state index contributed by atoms with van der Waals surface area (Å²) in [6, 6.07) is 18.2. The minimum Gasteiger partial charge on any atom is -0.507 e. The predicted molar refractivity (Wildman–Crippen MR) is 174 cm³/mol. The molecule has 1 fully saturated rings. The Bertz CT molecular complexity index is 2100. The molecule has 2 heterocycles. The van der Waals surface area contributed by atoms with E-state index >= 15 is 0 Å². The van der Waals surface area contributed by atoms with Gasteiger partial charge in [-0.3, -0.25) is 24.1 Å². The standard InChI is InChI=1S/C37H27BrN2O6/c1-17-13-20(14-18(2)33(17)42)30-22-11-12-23-31(24(22)15-25-32(30)28(41)16-26(38)34(25)43)37(45)40(36(23)44)21-9-7-19(8-10-21)35-39-27-5-3-4-6-29(27)46-35/h3-11,13-14,16,23-24,30-31,42H,12,15H2,1-2H3. The molecule has 8 nitrogen and oxygen atoms in total. The van der Waals surface area contributed by atoms with Gasteiger partial charge in [-0.15, -0.1) is 0 Å². The van der Waals surface area contributed by atoms with Crippen LogP contribution in [0.5, 0.6) is 5.75 Å². The highest BCUT2D eigenvalue weighted by Gasteiger charge is 2.56. The number of allylic oxidation sites excluding steroid dienone is 6. The SMILES string of the molecule is Cc1cc(C2C3=CCC4C(=O)N(c5ccc(-c6nc7ccccc7o6)cc5)C(=O)C4C3CC3=C2C(=O)C=C(Br)C3=O)cc(C)c1O. The van der Waals surface area contributed by atoms with Gasteiger partial charge in [-0.05, 0) is 102 Å². The average Bonchev–Trinajstić information content (AvgIpc) is 3.59. The fourth-order valence-electron chi connectivity index (χ4n) is 7.75. The first-order valence-electron chi connectivity index (χ1n) is 15.2. The van der Waals surface area contributed by atoms with Crippen LogP contribution in [0, 0.1) is 31.6 Å². The second-order valence-electron chi connectivity index (χ2n) is 12.4. The number of imide groups is 1. The van der Waals surface area contributed by atoms with Gasteiger partial charge in [0.25, 0.3) is 0 Å². The van der Waals surface area contributed by atoms with Crippen LogP contribution in [0.4, 0.5) is 5.69 Å². The Kier molecular flexibility index (Phi) is 6.41. The molecule has 4 aliphatic rings. The summed E-state index contributed by atoms with van der Waals surface area (Å²) in [7, 11) is 0. The summed E-state index contributed by atoms with van der Waals surface area (Å²) in [5.41, 5.74) is 6.29. The molecule has 4 atom stereocenters. The molecule has 0 bridgehead atoms. The summed E-state index contributed by atoms with van der Waals surface area (Å²) in [6.45, 7) is 3.59. The van der Waals surface area contributed by atoms with Gasteiger partial charge in [-0.25, -0.2) is 4.98 Å². The zero-order valence-electron chi connectivity index (χ0n) is 24.9. The number of fused-ring (bicyclic) bond motifs is 4. The van der Waals surface area contributed by atoms with Crippen molar-refractivity contribution < 1.29 is 28.7 Å². The molecule has 0 spiro atoms. The zero-order chi connectivity index (χ0) is 32.0. The van der Waals surface area contributed by atoms with E-state index in [4.69, 9.17) is 4.42 Å². The number of anilines is 1. The molecular weight excluding hydrogens is 648 g/mol. The number of ketones is 2. The molecular formula is C37H27BrN2O6. The van der Waals surface area contributed by atoms with Crippen LogP contribution in [-0.4, -0.2) is 33.5 Å². The highest BCUT2D eigenvalue weighted by molar-refractivity contribution is 9.12. The van der Waals surface area contributed by atoms with Gasteiger partial charge >= 0.3 is 0 Å². The summed E-state index contributed by atoms with van der Waals surface area (Å²) in [5.74, 6) is -2.82. The first kappa shape index (κ1) is 28.6. The predicted octanol–water partition coefficient (Wildman–Crippen LogP) is 6.78. The van der Waals surface area contributed by atoms with Gasteiger partial charge in [0.15, 0.2) is 17.1 Å². The maximum atomic E-state index is 14.3. The summed E-state index contributed by atoms with van der Waals surface area (Å²) in [5, 5.41) is 10.5. The third kappa shape index (κ3) is 4.14. The molecule has 9 heteroatoms. The van der Waals surface area contributed by atoms with Crippen LogP contribution in [0.25, 0.3) is 22.6 Å². The Balaban J connectivity index is 1.17. The highest BCUT2D eigenvalue weighted by atomic mass is 79.9. The Labute approximate surface area is 272 Å². The lowest BCUT2D eigenvalue weighted by Crippen LogP contribution is -2.39. The van der Waals surface area contributed by atoms with Gasteiger partial charge in [0.05, 0.1) is 22.0 Å². The number of aryl methyl sites for hydroxylation is 2. The van der Waals surface area contributed by atoms with Crippen molar-refractivity contribution >= 4 is 56.1 Å². The molecule has 8 rings (SSSR count). The van der Waals surface area contributed by atoms with E-state index in [1.54, 1.807) is 38.1 Å². The van der Waals surface area contributed by atoms with Crippen LogP contribution in [0.3, 0.4) is 0 Å². The number of phenols is 1. The number of benzene rings is 3. The molecule has 0 saturated carbocycles. The normalized spacial score (nSPS) is 24.2. The number of phenolic OH excluding ortho intramolecular Hbond substituents is 1. The van der Waals surface area contributed by atoms with Gasteiger partial charge in [0.2, 0.25) is 17.7 Å². The van der Waals surface area contributed by atoms with Gasteiger partial charge in [-0.1, -0.05) is 35.9 Å². The monoisotopic (exact) mass is 674 g/mol. The number of nitrogens with zero attached hydrogens (tertiary/aromatic N) is 2. The summed E-state index contributed by atoms with van der Waals surface area (Å²) in [4.78, 5) is 61.0. The third-order valence-corrected chi connectivity index (χ3v) is 10.4. The second kappa shape index (κ2) is 10.3. The number of rotatable bonds is 3. The molecule has 4 unspecified atom stereocenters. The molecule has 1 aromatic heterocycles. The van der Waals surface area contributed by atoms with Crippen LogP contribution in [0.15, 0.2) is 98.4 Å². The number of hydrogen-bond donors (Lipinski definition) is 1. The molecule has 1 N–H and O–H groups in total. The van der Waals surface area contributed by atoms with Crippen molar-refractivity contribution in [2.45, 2.75) is 32.6 Å². The van der Waals surface area contributed by atoms with Crippen molar-refractivity contribution in [2.75, 3.05) is 4.90 Å². The molecule has 4 aromatic rings. The first-order chi connectivity index (χ1) is 22.1. The van der Waals surface area contributed by atoms with Crippen LogP contribution in [0.2, 0.25) is 0 Å². The first-order valence-corrected chi connectivity index (χ1v) is 15.9. The van der Waals surface area contributed by atoms with Gasteiger partial charge in [0.1, 0.15) is 11.3 Å². The molecule has 3 aliphatic carbocycles. The van der Waals surface area contributed by atoms with E-state index in [9.17, 15) is 24.3 Å². The summed E-state index contributed by atoms with van der Waals surface area (Å²) >= 11 is 3.27. The fraction of sp³-hybridized carbons (Fsp3) is 0.216. The molecule has 1 saturated heterocycles. The minimum atomic E-state index is -0.687. The molecule has 3 aromatic carbocycles. The zero-order valence-corrected chi connectivity index (χ0v) is 26.5. The van der Waals surface area contributed by atoms with Gasteiger partial charge in [0, 0.05) is 28.7 Å². The largest absolute Gasteiger partial charge is 0.507 e. The van der Waals surface area contributed by atoms with E-state index in [1.807, 2.05) is 42.5 Å². The Hall–Kier alpha value is -4.89. The topological polar surface area (TPSA) is 118 Å². The lowest BCUT2D eigenvalue weighted by molar-refractivity contribution is -0.123. The molecule has 0 radical (unpaired) electrons. The maximum absolute atomic E-state index is 14.3. The highest BCUT2D eigenvalue weighted by Crippen LogP contribution is 2.56. The average molecular weight is 676 g/mol. The molecule has 2 amide bonds. The fourth-order valence-corrected chi connectivity index (χ4v) is 8.19. The van der Waals surface area contributed by atoms with Crippen molar-refractivity contribution in [2.24, 2.45) is 17.8 Å². The van der Waals surface area contributed by atoms with Crippen molar-refractivity contribution in [3.05, 3.63) is 111 Å². The van der Waals surface area contributed by atoms with Crippen molar-refractivity contribution in [1.29, 1.82) is 0 Å². The number of amides is 2. The quantitative estimate of drug-likeness (QED) is 0.145. The van der Waals surface area contributed by atoms with E-state index in [0.29, 0.717) is 51.4 Å². The number of Topliss-reactive ketones (excluding diaryl/α,β-unsaturated/α-hetero) is 1. The van der Waals surface area contributed by atoms with E-state index in [1.165, 1.54) is 11.0 Å². The Morgan fingerprint density at radius 1 is 0.935 bits per heavy atom. The second-order valence-corrected chi connectivity index (χ2v) is 13.3. The van der Waals surface area contributed by atoms with E-state index in [-0.39, 0.29) is 40.0 Å². The van der Waals surface area contributed by atoms with Crippen molar-refractivity contribution in [1.82, 2.24) is 4.98 Å². The van der Waals surface area contributed by atoms with Crippen LogP contribution < -0.4 is 4.90 Å². The van der Waals surface area contributed by atoms with Gasteiger partial charge in [-0.2, -0.15) is 0 Å². The lowest BCUT2D eigenvalue weighted by atomic mass is 9.59. The third-order valence-electron chi connectivity index (χ3n) is 9.84. The molecule has 228 valence electrons. The maximum Gasteiger partial charge on any atom is 0.238 e. The summed E-state index contributed by atoms with van der Waals surface area (Å²) in [6.07, 6.45) is 3.84. The number of hydrogen-bond acceptors (Lipinski definition) is 7. The van der Waals surface area contributed by atoms with Crippen molar-refractivity contribution in [3.63, 3.8) is 0 Å². The molecule has 1 aliphatic heterocycles. The number of carbonyl (C=O) groups excluding carboxylic acids is 4. The van der Waals surface area contributed by atoms with Crippen LogP contribution in [-0.2, 0) is 19.2 Å². The number of halogens is 1. The molecule has 46 heavy (non-hydrogen) atoms. The number of carbonyl (C=O) groups is 4. The van der Waals surface area contributed by atoms with E-state index in [0.717, 1.165) is 16.7 Å².